The summed E-state index contributed by atoms with van der Waals surface area (Å²) in [4.78, 5) is 11.3. The molecule has 0 bridgehead atoms. The zero-order valence-corrected chi connectivity index (χ0v) is 9.28. The molecule has 0 amide bonds. The van der Waals surface area contributed by atoms with Gasteiger partial charge in [0.15, 0.2) is 0 Å². The van der Waals surface area contributed by atoms with Crippen LogP contribution in [0.25, 0.3) is 0 Å². The highest BCUT2D eigenvalue weighted by Gasteiger charge is 2.41. The molecule has 15 heavy (non-hydrogen) atoms. The number of hydrogen-bond donors (Lipinski definition) is 0. The summed E-state index contributed by atoms with van der Waals surface area (Å²) in [5.41, 5.74) is 0.393. The fourth-order valence-electron chi connectivity index (χ4n) is 1.58. The number of cyclic esters (lactones) is 1. The maximum Gasteiger partial charge on any atom is 0.529 e. The number of allylic oxidation sites excluding steroid dienone is 1. The van der Waals surface area contributed by atoms with Crippen LogP contribution in [0.4, 0.5) is 0 Å². The molecular weight excluding hydrogens is 223 g/mol. The summed E-state index contributed by atoms with van der Waals surface area (Å²) in [5, 5.41) is 0. The second kappa shape index (κ2) is 3.63. The molecule has 2 aliphatic rings. The molecule has 6 nitrogen and oxygen atoms in total. The predicted molar refractivity (Wildman–Crippen MR) is 48.8 cm³/mol. The molecule has 0 unspecified atom stereocenters. The van der Waals surface area contributed by atoms with E-state index in [0.29, 0.717) is 5.57 Å². The Hall–Kier alpha value is -0.840. The summed E-state index contributed by atoms with van der Waals surface area (Å²) >= 11 is 0. The van der Waals surface area contributed by atoms with E-state index in [1.807, 2.05) is 0 Å². The van der Waals surface area contributed by atoms with E-state index in [9.17, 15) is 9.36 Å². The van der Waals surface area contributed by atoms with Gasteiger partial charge >= 0.3 is 13.8 Å². The van der Waals surface area contributed by atoms with Crippen LogP contribution in [0.5, 0.6) is 0 Å². The number of rotatable bonds is 1. The minimum absolute atomic E-state index is 0.101. The molecule has 0 radical (unpaired) electrons. The number of ether oxygens (including phenoxy) is 1. The number of carbonyl (C=O) groups excluding carboxylic acids is 1. The molecule has 2 heterocycles. The molecule has 1 fully saturated rings. The summed E-state index contributed by atoms with van der Waals surface area (Å²) in [6, 6.07) is 0. The van der Waals surface area contributed by atoms with Gasteiger partial charge in [-0.25, -0.2) is 9.36 Å². The summed E-state index contributed by atoms with van der Waals surface area (Å²) in [6.07, 6.45) is 0. The molecule has 0 aromatic rings. The van der Waals surface area contributed by atoms with Gasteiger partial charge in [-0.3, -0.25) is 9.05 Å². The van der Waals surface area contributed by atoms with Crippen LogP contribution in [0.2, 0.25) is 0 Å². The minimum atomic E-state index is -3.54. The quantitative estimate of drug-likeness (QED) is 0.502. The van der Waals surface area contributed by atoms with E-state index in [2.05, 4.69) is 4.52 Å². The van der Waals surface area contributed by atoms with Crippen molar-refractivity contribution in [3.8, 4) is 0 Å². The third kappa shape index (κ3) is 1.80. The Bertz CT molecular complexity index is 373. The van der Waals surface area contributed by atoms with E-state index in [1.165, 1.54) is 7.11 Å². The molecule has 0 aliphatic carbocycles. The number of carbonyl (C=O) groups is 1. The Labute approximate surface area is 86.8 Å². The van der Waals surface area contributed by atoms with Gasteiger partial charge in [0.25, 0.3) is 0 Å². The molecule has 1 saturated heterocycles. The first kappa shape index (κ1) is 10.7. The van der Waals surface area contributed by atoms with Crippen molar-refractivity contribution < 1.29 is 27.7 Å². The van der Waals surface area contributed by atoms with Crippen molar-refractivity contribution in [2.75, 3.05) is 20.3 Å². The standard InChI is InChI=1S/C8H11O6P/c1-5-7-6(3-12-8(7)9)4-13-15(10,11-2)14-5/h6H,3-4H2,1-2H3/t6-,15+/m0/s1. The van der Waals surface area contributed by atoms with E-state index >= 15 is 0 Å². The van der Waals surface area contributed by atoms with E-state index in [0.717, 1.165) is 0 Å². The summed E-state index contributed by atoms with van der Waals surface area (Å²) in [6.45, 7) is 1.89. The summed E-state index contributed by atoms with van der Waals surface area (Å²) < 4.78 is 31.2. The Morgan fingerprint density at radius 2 is 2.20 bits per heavy atom. The van der Waals surface area contributed by atoms with Crippen molar-refractivity contribution in [1.29, 1.82) is 0 Å². The molecule has 84 valence electrons. The SMILES string of the molecule is CO[P@]1(=O)OC[C@@H]2COC(=O)C2=C(C)O1. The molecule has 2 rings (SSSR count). The van der Waals surface area contributed by atoms with Crippen LogP contribution in [0, 0.1) is 5.92 Å². The highest BCUT2D eigenvalue weighted by Crippen LogP contribution is 2.54. The zero-order chi connectivity index (χ0) is 11.1. The topological polar surface area (TPSA) is 71.1 Å². The summed E-state index contributed by atoms with van der Waals surface area (Å²) in [7, 11) is -2.31. The first-order valence-electron chi connectivity index (χ1n) is 4.43. The Balaban J connectivity index is 2.35. The number of phosphoric acid groups is 1. The molecule has 2 atom stereocenters. The van der Waals surface area contributed by atoms with Gasteiger partial charge in [0.05, 0.1) is 18.1 Å². The second-order valence-electron chi connectivity index (χ2n) is 3.28. The van der Waals surface area contributed by atoms with Gasteiger partial charge in [-0.05, 0) is 6.92 Å². The maximum atomic E-state index is 11.7. The predicted octanol–water partition coefficient (Wildman–Crippen LogP) is 1.23. The lowest BCUT2D eigenvalue weighted by Crippen LogP contribution is -2.09. The zero-order valence-electron chi connectivity index (χ0n) is 8.39. The Morgan fingerprint density at radius 1 is 1.47 bits per heavy atom. The van der Waals surface area contributed by atoms with Gasteiger partial charge in [-0.2, -0.15) is 0 Å². The Kier molecular flexibility index (Phi) is 2.58. The molecule has 2 aliphatic heterocycles. The lowest BCUT2D eigenvalue weighted by molar-refractivity contribution is -0.135. The van der Waals surface area contributed by atoms with Crippen LogP contribution in [0.1, 0.15) is 6.92 Å². The van der Waals surface area contributed by atoms with Crippen molar-refractivity contribution in [3.63, 3.8) is 0 Å². The van der Waals surface area contributed by atoms with Gasteiger partial charge in [0.2, 0.25) is 0 Å². The van der Waals surface area contributed by atoms with Crippen molar-refractivity contribution >= 4 is 13.8 Å². The number of hydrogen-bond acceptors (Lipinski definition) is 6. The first-order chi connectivity index (χ1) is 7.06. The van der Waals surface area contributed by atoms with Gasteiger partial charge in [0.1, 0.15) is 12.4 Å². The molecule has 0 N–H and O–H groups in total. The minimum Gasteiger partial charge on any atom is -0.461 e. The van der Waals surface area contributed by atoms with Gasteiger partial charge in [-0.1, -0.05) is 0 Å². The first-order valence-corrected chi connectivity index (χ1v) is 5.89. The highest BCUT2D eigenvalue weighted by atomic mass is 31.2. The molecule has 0 spiro atoms. The Morgan fingerprint density at radius 3 is 2.87 bits per heavy atom. The lowest BCUT2D eigenvalue weighted by Gasteiger charge is -2.14. The smallest absolute Gasteiger partial charge is 0.461 e. The molecule has 0 saturated carbocycles. The van der Waals surface area contributed by atoms with Gasteiger partial charge < -0.3 is 9.26 Å². The van der Waals surface area contributed by atoms with Crippen molar-refractivity contribution in [1.82, 2.24) is 0 Å². The largest absolute Gasteiger partial charge is 0.529 e. The third-order valence-electron chi connectivity index (χ3n) is 2.33. The van der Waals surface area contributed by atoms with E-state index in [-0.39, 0.29) is 24.9 Å². The van der Waals surface area contributed by atoms with Crippen molar-refractivity contribution in [2.24, 2.45) is 5.92 Å². The number of esters is 1. The van der Waals surface area contributed by atoms with E-state index < -0.39 is 13.8 Å². The van der Waals surface area contributed by atoms with Crippen LogP contribution < -0.4 is 0 Å². The van der Waals surface area contributed by atoms with Crippen LogP contribution in [0.3, 0.4) is 0 Å². The fourth-order valence-corrected chi connectivity index (χ4v) is 2.61. The normalized spacial score (nSPS) is 35.6. The lowest BCUT2D eigenvalue weighted by atomic mass is 10.0. The third-order valence-corrected chi connectivity index (χ3v) is 3.74. The molecule has 7 heteroatoms. The monoisotopic (exact) mass is 234 g/mol. The van der Waals surface area contributed by atoms with Gasteiger partial charge in [0, 0.05) is 7.11 Å². The van der Waals surface area contributed by atoms with Crippen LogP contribution in [0.15, 0.2) is 11.3 Å². The van der Waals surface area contributed by atoms with Crippen molar-refractivity contribution in [2.45, 2.75) is 6.92 Å². The number of phosphoric ester groups is 1. The number of fused-ring (bicyclic) bond motifs is 1. The molecule has 0 aromatic carbocycles. The van der Waals surface area contributed by atoms with Crippen LogP contribution in [-0.2, 0) is 27.7 Å². The highest BCUT2D eigenvalue weighted by molar-refractivity contribution is 7.48. The van der Waals surface area contributed by atoms with Crippen LogP contribution in [-0.4, -0.2) is 26.3 Å². The average molecular weight is 234 g/mol. The molecular formula is C8H11O6P. The van der Waals surface area contributed by atoms with Crippen LogP contribution >= 0.6 is 7.82 Å². The van der Waals surface area contributed by atoms with E-state index in [1.54, 1.807) is 6.92 Å². The summed E-state index contributed by atoms with van der Waals surface area (Å²) in [5.74, 6) is -0.403. The maximum absolute atomic E-state index is 11.7. The van der Waals surface area contributed by atoms with Crippen molar-refractivity contribution in [3.05, 3.63) is 11.3 Å². The average Bonchev–Trinajstić information content (AvgIpc) is 2.50. The molecule has 0 aromatic heterocycles. The van der Waals surface area contributed by atoms with Gasteiger partial charge in [-0.15, -0.1) is 0 Å². The second-order valence-corrected chi connectivity index (χ2v) is 4.98. The fraction of sp³-hybridized carbons (Fsp3) is 0.625. The van der Waals surface area contributed by atoms with E-state index in [4.69, 9.17) is 13.8 Å².